The maximum absolute atomic E-state index is 4.26. The monoisotopic (exact) mass is 263 g/mol. The molecule has 0 saturated heterocycles. The summed E-state index contributed by atoms with van der Waals surface area (Å²) in [7, 11) is 1.85. The fourth-order valence-corrected chi connectivity index (χ4v) is 1.47. The molecule has 0 radical (unpaired) electrons. The maximum Gasteiger partial charge on any atom is 0.159 e. The minimum Gasteiger partial charge on any atom is -0.386 e. The zero-order valence-electron chi connectivity index (χ0n) is 8.24. The van der Waals surface area contributed by atoms with Gasteiger partial charge in [0.15, 0.2) is 5.82 Å². The van der Waals surface area contributed by atoms with Gasteiger partial charge in [-0.3, -0.25) is 0 Å². The first-order valence-electron chi connectivity index (χ1n) is 4.55. The van der Waals surface area contributed by atoms with E-state index in [1.54, 1.807) is 12.4 Å². The average molecular weight is 264 g/mol. The Labute approximate surface area is 96.7 Å². The summed E-state index contributed by atoms with van der Waals surface area (Å²) in [4.78, 5) is 8.52. The number of aromatic nitrogens is 2. The molecule has 0 atom stereocenters. The Kier molecular flexibility index (Phi) is 2.97. The van der Waals surface area contributed by atoms with Crippen molar-refractivity contribution in [1.29, 1.82) is 0 Å². The second-order valence-corrected chi connectivity index (χ2v) is 3.97. The van der Waals surface area contributed by atoms with E-state index in [0.29, 0.717) is 0 Å². The first kappa shape index (κ1) is 10.1. The number of nitrogens with one attached hydrogen (secondary N) is 1. The van der Waals surface area contributed by atoms with E-state index in [0.717, 1.165) is 21.5 Å². The lowest BCUT2D eigenvalue weighted by molar-refractivity contribution is 1.17. The summed E-state index contributed by atoms with van der Waals surface area (Å²) in [5, 5.41) is 2.98. The van der Waals surface area contributed by atoms with Crippen molar-refractivity contribution in [1.82, 2.24) is 9.97 Å². The van der Waals surface area contributed by atoms with Crippen LogP contribution in [0.25, 0.3) is 11.4 Å². The highest BCUT2D eigenvalue weighted by Crippen LogP contribution is 2.18. The number of benzene rings is 1. The number of nitrogens with zero attached hydrogens (tertiary/aromatic N) is 2. The van der Waals surface area contributed by atoms with Crippen molar-refractivity contribution in [3.8, 4) is 11.4 Å². The molecule has 76 valence electrons. The number of hydrogen-bond acceptors (Lipinski definition) is 3. The van der Waals surface area contributed by atoms with Crippen LogP contribution in [-0.2, 0) is 0 Å². The van der Waals surface area contributed by atoms with Crippen LogP contribution in [0.1, 0.15) is 0 Å². The third kappa shape index (κ3) is 2.33. The van der Waals surface area contributed by atoms with Crippen LogP contribution in [0, 0.1) is 0 Å². The molecule has 0 bridgehead atoms. The summed E-state index contributed by atoms with van der Waals surface area (Å²) < 4.78 is 1.05. The van der Waals surface area contributed by atoms with Gasteiger partial charge in [-0.05, 0) is 12.1 Å². The van der Waals surface area contributed by atoms with E-state index in [1.807, 2.05) is 31.3 Å². The summed E-state index contributed by atoms with van der Waals surface area (Å²) in [6, 6.07) is 7.92. The summed E-state index contributed by atoms with van der Waals surface area (Å²) in [5.74, 6) is 0.738. The van der Waals surface area contributed by atoms with Crippen LogP contribution in [0.4, 0.5) is 5.69 Å². The number of halogens is 1. The Morgan fingerprint density at radius 2 is 1.67 bits per heavy atom. The van der Waals surface area contributed by atoms with Crippen molar-refractivity contribution < 1.29 is 0 Å². The third-order valence-corrected chi connectivity index (χ3v) is 2.57. The zero-order valence-corrected chi connectivity index (χ0v) is 9.82. The fourth-order valence-electron chi connectivity index (χ4n) is 1.21. The number of anilines is 1. The maximum atomic E-state index is 4.26. The topological polar surface area (TPSA) is 37.8 Å². The van der Waals surface area contributed by atoms with Gasteiger partial charge in [0, 0.05) is 17.1 Å². The standard InChI is InChI=1S/C11H10BrN3/c1-13-10-6-14-11(15-7-10)8-2-4-9(12)5-3-8/h2-7,13H,1H3. The van der Waals surface area contributed by atoms with E-state index in [-0.39, 0.29) is 0 Å². The Morgan fingerprint density at radius 3 is 2.20 bits per heavy atom. The van der Waals surface area contributed by atoms with Crippen LogP contribution >= 0.6 is 15.9 Å². The summed E-state index contributed by atoms with van der Waals surface area (Å²) >= 11 is 3.39. The van der Waals surface area contributed by atoms with Crippen LogP contribution < -0.4 is 5.32 Å². The smallest absolute Gasteiger partial charge is 0.159 e. The van der Waals surface area contributed by atoms with E-state index in [1.165, 1.54) is 0 Å². The Bertz CT molecular complexity index is 436. The van der Waals surface area contributed by atoms with E-state index in [4.69, 9.17) is 0 Å². The van der Waals surface area contributed by atoms with Crippen LogP contribution in [0.2, 0.25) is 0 Å². The van der Waals surface area contributed by atoms with E-state index < -0.39 is 0 Å². The summed E-state index contributed by atoms with van der Waals surface area (Å²) in [6.45, 7) is 0. The van der Waals surface area contributed by atoms with Gasteiger partial charge >= 0.3 is 0 Å². The molecular weight excluding hydrogens is 254 g/mol. The van der Waals surface area contributed by atoms with Crippen LogP contribution in [-0.4, -0.2) is 17.0 Å². The van der Waals surface area contributed by atoms with Gasteiger partial charge in [-0.1, -0.05) is 28.1 Å². The molecule has 2 rings (SSSR count). The molecule has 0 aliphatic carbocycles. The molecule has 1 N–H and O–H groups in total. The van der Waals surface area contributed by atoms with Gasteiger partial charge in [0.2, 0.25) is 0 Å². The van der Waals surface area contributed by atoms with Crippen molar-refractivity contribution in [3.05, 3.63) is 41.1 Å². The second kappa shape index (κ2) is 4.40. The average Bonchev–Trinajstić information content (AvgIpc) is 2.30. The van der Waals surface area contributed by atoms with Crippen LogP contribution in [0.5, 0.6) is 0 Å². The van der Waals surface area contributed by atoms with Gasteiger partial charge in [-0.2, -0.15) is 0 Å². The highest BCUT2D eigenvalue weighted by molar-refractivity contribution is 9.10. The largest absolute Gasteiger partial charge is 0.386 e. The lowest BCUT2D eigenvalue weighted by atomic mass is 10.2. The molecule has 3 nitrogen and oxygen atoms in total. The summed E-state index contributed by atoms with van der Waals surface area (Å²) in [5.41, 5.74) is 1.93. The normalized spacial score (nSPS) is 10.0. The molecule has 0 aliphatic rings. The van der Waals surface area contributed by atoms with E-state index in [9.17, 15) is 0 Å². The molecule has 0 unspecified atom stereocenters. The van der Waals surface area contributed by atoms with Crippen molar-refractivity contribution in [2.24, 2.45) is 0 Å². The quantitative estimate of drug-likeness (QED) is 0.906. The van der Waals surface area contributed by atoms with Crippen LogP contribution in [0.15, 0.2) is 41.1 Å². The van der Waals surface area contributed by atoms with E-state index >= 15 is 0 Å². The molecule has 15 heavy (non-hydrogen) atoms. The molecule has 0 fully saturated rings. The molecule has 4 heteroatoms. The Morgan fingerprint density at radius 1 is 1.07 bits per heavy atom. The Balaban J connectivity index is 2.33. The molecule has 0 saturated carbocycles. The molecule has 0 aliphatic heterocycles. The first-order valence-corrected chi connectivity index (χ1v) is 5.34. The molecule has 1 aromatic heterocycles. The van der Waals surface area contributed by atoms with Crippen molar-refractivity contribution in [2.45, 2.75) is 0 Å². The molecular formula is C11H10BrN3. The van der Waals surface area contributed by atoms with Crippen molar-refractivity contribution >= 4 is 21.6 Å². The predicted octanol–water partition coefficient (Wildman–Crippen LogP) is 2.95. The minimum absolute atomic E-state index is 0.738. The molecule has 2 aromatic rings. The fraction of sp³-hybridized carbons (Fsp3) is 0.0909. The number of rotatable bonds is 2. The molecule has 1 heterocycles. The van der Waals surface area contributed by atoms with Gasteiger partial charge < -0.3 is 5.32 Å². The highest BCUT2D eigenvalue weighted by Gasteiger charge is 2.00. The lowest BCUT2D eigenvalue weighted by Crippen LogP contribution is -1.93. The van der Waals surface area contributed by atoms with E-state index in [2.05, 4.69) is 31.2 Å². The predicted molar refractivity (Wildman–Crippen MR) is 64.7 cm³/mol. The SMILES string of the molecule is CNc1cnc(-c2ccc(Br)cc2)nc1. The van der Waals surface area contributed by atoms with Gasteiger partial charge in [0.25, 0.3) is 0 Å². The van der Waals surface area contributed by atoms with Crippen molar-refractivity contribution in [2.75, 3.05) is 12.4 Å². The van der Waals surface area contributed by atoms with Gasteiger partial charge in [-0.25, -0.2) is 9.97 Å². The lowest BCUT2D eigenvalue weighted by Gasteiger charge is -2.01. The minimum atomic E-state index is 0.738. The van der Waals surface area contributed by atoms with Crippen molar-refractivity contribution in [3.63, 3.8) is 0 Å². The van der Waals surface area contributed by atoms with Gasteiger partial charge in [0.1, 0.15) is 0 Å². The molecule has 0 amide bonds. The number of hydrogen-bond donors (Lipinski definition) is 1. The van der Waals surface area contributed by atoms with Crippen LogP contribution in [0.3, 0.4) is 0 Å². The first-order chi connectivity index (χ1) is 7.29. The third-order valence-electron chi connectivity index (χ3n) is 2.04. The van der Waals surface area contributed by atoms with Gasteiger partial charge in [-0.15, -0.1) is 0 Å². The highest BCUT2D eigenvalue weighted by atomic mass is 79.9. The molecule has 0 spiro atoms. The second-order valence-electron chi connectivity index (χ2n) is 3.05. The Hall–Kier alpha value is -1.42. The zero-order chi connectivity index (χ0) is 10.7. The van der Waals surface area contributed by atoms with Gasteiger partial charge in [0.05, 0.1) is 18.1 Å². The molecule has 1 aromatic carbocycles. The summed E-state index contributed by atoms with van der Waals surface area (Å²) in [6.07, 6.45) is 3.54.